The highest BCUT2D eigenvalue weighted by Crippen LogP contribution is 2.07. The monoisotopic (exact) mass is 240 g/mol. The molecule has 0 heterocycles. The van der Waals surface area contributed by atoms with Crippen molar-refractivity contribution in [2.45, 2.75) is 78.2 Å². The van der Waals surface area contributed by atoms with E-state index >= 15 is 0 Å². The van der Waals surface area contributed by atoms with E-state index in [0.29, 0.717) is 6.42 Å². The highest BCUT2D eigenvalue weighted by Gasteiger charge is 2.01. The van der Waals surface area contributed by atoms with Gasteiger partial charge in [0.2, 0.25) is 0 Å². The molecular formula is C15H28O2. The van der Waals surface area contributed by atoms with Crippen LogP contribution >= 0.6 is 0 Å². The molecule has 0 fully saturated rings. The SMILES string of the molecule is CCCCCCCC/C=C/CC(=O)OC(C)C. The lowest BCUT2D eigenvalue weighted by Gasteiger charge is -2.05. The number of hydrogen-bond donors (Lipinski definition) is 0. The molecule has 0 aliphatic carbocycles. The first-order chi connectivity index (χ1) is 8.16. The van der Waals surface area contributed by atoms with Crippen LogP contribution in [0.15, 0.2) is 12.2 Å². The number of hydrogen-bond acceptors (Lipinski definition) is 2. The van der Waals surface area contributed by atoms with Crippen molar-refractivity contribution in [3.63, 3.8) is 0 Å². The highest BCUT2D eigenvalue weighted by molar-refractivity contribution is 5.71. The second-order valence-corrected chi connectivity index (χ2v) is 4.77. The fourth-order valence-electron chi connectivity index (χ4n) is 1.65. The molecule has 0 aromatic carbocycles. The van der Waals surface area contributed by atoms with Gasteiger partial charge in [-0.15, -0.1) is 0 Å². The summed E-state index contributed by atoms with van der Waals surface area (Å²) in [6.07, 6.45) is 13.4. The van der Waals surface area contributed by atoms with Crippen molar-refractivity contribution >= 4 is 5.97 Å². The summed E-state index contributed by atoms with van der Waals surface area (Å²) in [7, 11) is 0. The zero-order valence-corrected chi connectivity index (χ0v) is 11.7. The van der Waals surface area contributed by atoms with Gasteiger partial charge < -0.3 is 4.74 Å². The second-order valence-electron chi connectivity index (χ2n) is 4.77. The van der Waals surface area contributed by atoms with Crippen molar-refractivity contribution < 1.29 is 9.53 Å². The molecule has 100 valence electrons. The molecule has 0 aromatic rings. The Morgan fingerprint density at radius 3 is 2.35 bits per heavy atom. The molecule has 0 radical (unpaired) electrons. The Labute approximate surface area is 106 Å². The minimum Gasteiger partial charge on any atom is -0.463 e. The van der Waals surface area contributed by atoms with Crippen LogP contribution in [0.2, 0.25) is 0 Å². The van der Waals surface area contributed by atoms with Crippen molar-refractivity contribution in [3.05, 3.63) is 12.2 Å². The molecule has 0 unspecified atom stereocenters. The van der Waals surface area contributed by atoms with Gasteiger partial charge in [0.05, 0.1) is 12.5 Å². The Kier molecular flexibility index (Phi) is 11.1. The molecule has 0 N–H and O–H groups in total. The lowest BCUT2D eigenvalue weighted by Crippen LogP contribution is -2.09. The first-order valence-corrected chi connectivity index (χ1v) is 7.01. The van der Waals surface area contributed by atoms with Crippen molar-refractivity contribution in [2.24, 2.45) is 0 Å². The zero-order chi connectivity index (χ0) is 12.9. The molecule has 0 bridgehead atoms. The van der Waals surface area contributed by atoms with Crippen molar-refractivity contribution in [1.82, 2.24) is 0 Å². The van der Waals surface area contributed by atoms with E-state index in [1.165, 1.54) is 38.5 Å². The van der Waals surface area contributed by atoms with Crippen LogP contribution in [0, 0.1) is 0 Å². The quantitative estimate of drug-likeness (QED) is 0.316. The summed E-state index contributed by atoms with van der Waals surface area (Å²) in [6, 6.07) is 0. The number of carbonyl (C=O) groups is 1. The summed E-state index contributed by atoms with van der Waals surface area (Å²) in [4.78, 5) is 11.2. The van der Waals surface area contributed by atoms with Crippen molar-refractivity contribution in [2.75, 3.05) is 0 Å². The van der Waals surface area contributed by atoms with Crippen LogP contribution in [0.3, 0.4) is 0 Å². The maximum atomic E-state index is 11.2. The Morgan fingerprint density at radius 2 is 1.71 bits per heavy atom. The molecule has 0 aliphatic heterocycles. The van der Waals surface area contributed by atoms with Crippen LogP contribution in [-0.2, 0) is 9.53 Å². The minimum absolute atomic E-state index is 0.00512. The Morgan fingerprint density at radius 1 is 1.06 bits per heavy atom. The van der Waals surface area contributed by atoms with Crippen LogP contribution in [0.1, 0.15) is 72.1 Å². The van der Waals surface area contributed by atoms with Gasteiger partial charge in [0.15, 0.2) is 0 Å². The van der Waals surface area contributed by atoms with E-state index in [9.17, 15) is 4.79 Å². The van der Waals surface area contributed by atoms with Gasteiger partial charge in [0.1, 0.15) is 0 Å². The van der Waals surface area contributed by atoms with Gasteiger partial charge in [-0.3, -0.25) is 4.79 Å². The Hall–Kier alpha value is -0.790. The third-order valence-corrected chi connectivity index (χ3v) is 2.54. The number of esters is 1. The molecule has 0 saturated carbocycles. The summed E-state index contributed by atoms with van der Waals surface area (Å²) in [5, 5.41) is 0. The number of unbranched alkanes of at least 4 members (excludes halogenated alkanes) is 6. The molecule has 0 spiro atoms. The molecule has 0 aromatic heterocycles. The van der Waals surface area contributed by atoms with Gasteiger partial charge in [0, 0.05) is 0 Å². The van der Waals surface area contributed by atoms with E-state index in [4.69, 9.17) is 4.74 Å². The molecule has 2 heteroatoms. The molecule has 0 amide bonds. The lowest BCUT2D eigenvalue weighted by molar-refractivity contribution is -0.146. The normalized spacial score (nSPS) is 11.3. The summed E-state index contributed by atoms with van der Waals surface area (Å²) < 4.78 is 5.03. The average Bonchev–Trinajstić information content (AvgIpc) is 2.26. The van der Waals surface area contributed by atoms with Gasteiger partial charge >= 0.3 is 5.97 Å². The van der Waals surface area contributed by atoms with E-state index in [0.717, 1.165) is 6.42 Å². The maximum Gasteiger partial charge on any atom is 0.309 e. The molecule has 2 nitrogen and oxygen atoms in total. The average molecular weight is 240 g/mol. The van der Waals surface area contributed by atoms with Crippen LogP contribution in [0.5, 0.6) is 0 Å². The largest absolute Gasteiger partial charge is 0.463 e. The van der Waals surface area contributed by atoms with Crippen LogP contribution in [0.4, 0.5) is 0 Å². The van der Waals surface area contributed by atoms with Crippen LogP contribution in [0.25, 0.3) is 0 Å². The first-order valence-electron chi connectivity index (χ1n) is 7.01. The predicted molar refractivity (Wildman–Crippen MR) is 73.0 cm³/mol. The van der Waals surface area contributed by atoms with Gasteiger partial charge in [-0.25, -0.2) is 0 Å². The molecular weight excluding hydrogens is 212 g/mol. The van der Waals surface area contributed by atoms with Gasteiger partial charge in [-0.1, -0.05) is 51.2 Å². The molecule has 0 saturated heterocycles. The minimum atomic E-state index is -0.126. The Balaban J connectivity index is 3.28. The second kappa shape index (κ2) is 11.7. The molecule has 0 rings (SSSR count). The standard InChI is InChI=1S/C15H28O2/c1-4-5-6-7-8-9-10-11-12-13-15(16)17-14(2)3/h11-12,14H,4-10,13H2,1-3H3/b12-11+. The third kappa shape index (κ3) is 13.1. The number of rotatable bonds is 10. The van der Waals surface area contributed by atoms with Gasteiger partial charge in [0.25, 0.3) is 0 Å². The van der Waals surface area contributed by atoms with Crippen molar-refractivity contribution in [3.8, 4) is 0 Å². The van der Waals surface area contributed by atoms with E-state index in [2.05, 4.69) is 13.0 Å². The molecule has 17 heavy (non-hydrogen) atoms. The Bertz CT molecular complexity index is 207. The van der Waals surface area contributed by atoms with E-state index in [-0.39, 0.29) is 12.1 Å². The maximum absolute atomic E-state index is 11.2. The molecule has 0 atom stereocenters. The smallest absolute Gasteiger partial charge is 0.309 e. The number of ether oxygens (including phenoxy) is 1. The highest BCUT2D eigenvalue weighted by atomic mass is 16.5. The third-order valence-electron chi connectivity index (χ3n) is 2.54. The summed E-state index contributed by atoms with van der Waals surface area (Å²) in [6.45, 7) is 5.98. The van der Waals surface area contributed by atoms with E-state index in [1.54, 1.807) is 0 Å². The topological polar surface area (TPSA) is 26.3 Å². The van der Waals surface area contributed by atoms with Crippen LogP contribution in [-0.4, -0.2) is 12.1 Å². The summed E-state index contributed by atoms with van der Waals surface area (Å²) >= 11 is 0. The number of allylic oxidation sites excluding steroid dienone is 1. The molecule has 0 aliphatic rings. The van der Waals surface area contributed by atoms with E-state index < -0.39 is 0 Å². The zero-order valence-electron chi connectivity index (χ0n) is 11.7. The van der Waals surface area contributed by atoms with Crippen molar-refractivity contribution in [1.29, 1.82) is 0 Å². The number of carbonyl (C=O) groups excluding carboxylic acids is 1. The fourth-order valence-corrected chi connectivity index (χ4v) is 1.65. The van der Waals surface area contributed by atoms with Crippen LogP contribution < -0.4 is 0 Å². The first kappa shape index (κ1) is 16.2. The van der Waals surface area contributed by atoms with Gasteiger partial charge in [-0.2, -0.15) is 0 Å². The van der Waals surface area contributed by atoms with E-state index in [1.807, 2.05) is 19.9 Å². The summed E-state index contributed by atoms with van der Waals surface area (Å²) in [5.74, 6) is -0.126. The fraction of sp³-hybridized carbons (Fsp3) is 0.800. The lowest BCUT2D eigenvalue weighted by atomic mass is 10.1. The summed E-state index contributed by atoms with van der Waals surface area (Å²) in [5.41, 5.74) is 0. The van der Waals surface area contributed by atoms with Gasteiger partial charge in [-0.05, 0) is 26.7 Å². The predicted octanol–water partition coefficient (Wildman–Crippen LogP) is 4.63.